The Hall–Kier alpha value is -1.95. The highest BCUT2D eigenvalue weighted by Gasteiger charge is 2.42. The van der Waals surface area contributed by atoms with E-state index in [2.05, 4.69) is 48.4 Å². The molecule has 1 fully saturated rings. The molecule has 3 rings (SSSR count). The molecule has 1 aromatic heterocycles. The zero-order chi connectivity index (χ0) is 19.4. The zero-order valence-corrected chi connectivity index (χ0v) is 16.3. The molecule has 1 heterocycles. The Bertz CT molecular complexity index is 735. The first kappa shape index (κ1) is 19.8. The smallest absolute Gasteiger partial charge is 0.137 e. The average molecular weight is 370 g/mol. The van der Waals surface area contributed by atoms with Gasteiger partial charge in [0.15, 0.2) is 0 Å². The van der Waals surface area contributed by atoms with Crippen molar-refractivity contribution in [1.29, 1.82) is 0 Å². The van der Waals surface area contributed by atoms with Gasteiger partial charge in [0.1, 0.15) is 5.75 Å². The van der Waals surface area contributed by atoms with Crippen molar-refractivity contribution < 1.29 is 14.9 Å². The van der Waals surface area contributed by atoms with Gasteiger partial charge < -0.3 is 20.3 Å². The zero-order valence-electron chi connectivity index (χ0n) is 16.3. The fraction of sp³-hybridized carbons (Fsp3) is 0.500. The average Bonchev–Trinajstić information content (AvgIpc) is 3.00. The van der Waals surface area contributed by atoms with Gasteiger partial charge in [-0.3, -0.25) is 4.98 Å². The predicted molar refractivity (Wildman–Crippen MR) is 106 cm³/mol. The summed E-state index contributed by atoms with van der Waals surface area (Å²) in [5.41, 5.74) is 3.24. The largest absolute Gasteiger partial charge is 0.495 e. The van der Waals surface area contributed by atoms with E-state index in [1.54, 1.807) is 13.3 Å². The highest BCUT2D eigenvalue weighted by Crippen LogP contribution is 2.34. The van der Waals surface area contributed by atoms with Gasteiger partial charge in [0, 0.05) is 24.3 Å². The lowest BCUT2D eigenvalue weighted by molar-refractivity contribution is 0.000198. The van der Waals surface area contributed by atoms with Crippen LogP contribution in [-0.2, 0) is 6.54 Å². The number of nitrogens with one attached hydrogen (secondary N) is 1. The van der Waals surface area contributed by atoms with E-state index in [9.17, 15) is 10.2 Å². The number of aromatic nitrogens is 1. The maximum atomic E-state index is 10.4. The number of nitrogens with zero attached hydrogens (tertiary/aromatic N) is 1. The van der Waals surface area contributed by atoms with E-state index >= 15 is 0 Å². The van der Waals surface area contributed by atoms with Crippen LogP contribution in [0, 0.1) is 11.8 Å². The lowest BCUT2D eigenvalue weighted by Gasteiger charge is -2.21. The minimum absolute atomic E-state index is 0.0683. The molecule has 0 amide bonds. The van der Waals surface area contributed by atoms with Crippen LogP contribution in [0.1, 0.15) is 32.3 Å². The third-order valence-electron chi connectivity index (χ3n) is 5.91. The number of rotatable bonds is 7. The highest BCUT2D eigenvalue weighted by atomic mass is 16.5. The summed E-state index contributed by atoms with van der Waals surface area (Å²) in [7, 11) is 1.63. The molecular formula is C22H30N2O3. The summed E-state index contributed by atoms with van der Waals surface area (Å²) >= 11 is 0. The fourth-order valence-corrected chi connectivity index (χ4v) is 3.89. The van der Waals surface area contributed by atoms with Crippen LogP contribution in [-0.4, -0.2) is 40.6 Å². The van der Waals surface area contributed by atoms with Gasteiger partial charge >= 0.3 is 0 Å². The SMILES string of the molecule is CCC(C)C1CC(NCc2ccc(-c3cncc(OC)c3)cc2)C(O)C1O. The molecule has 0 aliphatic heterocycles. The molecule has 3 N–H and O–H groups in total. The van der Waals surface area contributed by atoms with Gasteiger partial charge in [-0.25, -0.2) is 0 Å². The monoisotopic (exact) mass is 370 g/mol. The predicted octanol–water partition coefficient (Wildman–Crippen LogP) is 3.00. The van der Waals surface area contributed by atoms with Gasteiger partial charge in [0.2, 0.25) is 0 Å². The number of pyridine rings is 1. The van der Waals surface area contributed by atoms with E-state index in [1.165, 1.54) is 0 Å². The van der Waals surface area contributed by atoms with Crippen LogP contribution in [0.25, 0.3) is 11.1 Å². The van der Waals surface area contributed by atoms with Crippen LogP contribution in [0.4, 0.5) is 0 Å². The van der Waals surface area contributed by atoms with Crippen LogP contribution in [0.5, 0.6) is 5.75 Å². The molecule has 5 nitrogen and oxygen atoms in total. The Morgan fingerprint density at radius 3 is 2.56 bits per heavy atom. The molecule has 0 radical (unpaired) electrons. The number of benzene rings is 1. The Morgan fingerprint density at radius 1 is 1.15 bits per heavy atom. The van der Waals surface area contributed by atoms with Gasteiger partial charge in [-0.15, -0.1) is 0 Å². The summed E-state index contributed by atoms with van der Waals surface area (Å²) in [5, 5.41) is 24.1. The molecule has 0 saturated heterocycles. The number of ether oxygens (including phenoxy) is 1. The maximum Gasteiger partial charge on any atom is 0.137 e. The molecular weight excluding hydrogens is 340 g/mol. The molecule has 0 spiro atoms. The normalized spacial score (nSPS) is 26.1. The molecule has 5 unspecified atom stereocenters. The van der Waals surface area contributed by atoms with Crippen molar-refractivity contribution in [2.75, 3.05) is 7.11 Å². The van der Waals surface area contributed by atoms with E-state index in [0.717, 1.165) is 35.3 Å². The van der Waals surface area contributed by atoms with Crippen molar-refractivity contribution >= 4 is 0 Å². The van der Waals surface area contributed by atoms with Crippen LogP contribution in [0.15, 0.2) is 42.7 Å². The van der Waals surface area contributed by atoms with E-state index in [-0.39, 0.29) is 12.0 Å². The number of aliphatic hydroxyl groups excluding tert-OH is 2. The van der Waals surface area contributed by atoms with Gasteiger partial charge in [0.25, 0.3) is 0 Å². The van der Waals surface area contributed by atoms with Crippen LogP contribution >= 0.6 is 0 Å². The van der Waals surface area contributed by atoms with Crippen molar-refractivity contribution in [2.45, 2.75) is 51.5 Å². The number of aliphatic hydroxyl groups is 2. The van der Waals surface area contributed by atoms with Gasteiger partial charge in [0.05, 0.1) is 25.5 Å². The molecule has 1 aliphatic rings. The van der Waals surface area contributed by atoms with Crippen molar-refractivity contribution in [2.24, 2.45) is 11.8 Å². The quantitative estimate of drug-likeness (QED) is 0.699. The number of hydrogen-bond donors (Lipinski definition) is 3. The highest BCUT2D eigenvalue weighted by molar-refractivity contribution is 5.64. The van der Waals surface area contributed by atoms with E-state index in [1.807, 2.05) is 12.3 Å². The minimum atomic E-state index is -0.703. The second-order valence-corrected chi connectivity index (χ2v) is 7.56. The van der Waals surface area contributed by atoms with Crippen molar-refractivity contribution in [1.82, 2.24) is 10.3 Å². The molecule has 5 heteroatoms. The summed E-state index contributed by atoms with van der Waals surface area (Å²) < 4.78 is 5.23. The molecule has 1 aromatic carbocycles. The summed E-state index contributed by atoms with van der Waals surface area (Å²) in [6.07, 6.45) is 4.00. The first-order valence-electron chi connectivity index (χ1n) is 9.71. The molecule has 0 bridgehead atoms. The summed E-state index contributed by atoms with van der Waals surface area (Å²) in [5.74, 6) is 1.31. The lowest BCUT2D eigenvalue weighted by atomic mass is 9.88. The topological polar surface area (TPSA) is 74.6 Å². The molecule has 5 atom stereocenters. The van der Waals surface area contributed by atoms with Gasteiger partial charge in [-0.2, -0.15) is 0 Å². The maximum absolute atomic E-state index is 10.4. The Kier molecular flexibility index (Phi) is 6.47. The first-order valence-corrected chi connectivity index (χ1v) is 9.71. The number of methoxy groups -OCH3 is 1. The van der Waals surface area contributed by atoms with Gasteiger partial charge in [-0.1, -0.05) is 44.5 Å². The molecule has 1 saturated carbocycles. The van der Waals surface area contributed by atoms with Crippen LogP contribution < -0.4 is 10.1 Å². The Labute approximate surface area is 161 Å². The standard InChI is InChI=1S/C22H30N2O3/c1-4-14(2)19-10-20(22(26)21(19)25)24-11-15-5-7-16(8-6-15)17-9-18(27-3)13-23-12-17/h5-9,12-14,19-22,24-26H,4,10-11H2,1-3H3. The second kappa shape index (κ2) is 8.83. The molecule has 1 aliphatic carbocycles. The third kappa shape index (κ3) is 4.49. The second-order valence-electron chi connectivity index (χ2n) is 7.56. The first-order chi connectivity index (χ1) is 13.0. The van der Waals surface area contributed by atoms with E-state index in [4.69, 9.17) is 4.74 Å². The molecule has 27 heavy (non-hydrogen) atoms. The van der Waals surface area contributed by atoms with Crippen LogP contribution in [0.2, 0.25) is 0 Å². The van der Waals surface area contributed by atoms with Crippen molar-refractivity contribution in [3.63, 3.8) is 0 Å². The third-order valence-corrected chi connectivity index (χ3v) is 5.91. The fourth-order valence-electron chi connectivity index (χ4n) is 3.89. The van der Waals surface area contributed by atoms with E-state index < -0.39 is 12.2 Å². The lowest BCUT2D eigenvalue weighted by Crippen LogP contribution is -2.39. The summed E-state index contributed by atoms with van der Waals surface area (Å²) in [6.45, 7) is 4.94. The summed E-state index contributed by atoms with van der Waals surface area (Å²) in [4.78, 5) is 4.20. The minimum Gasteiger partial charge on any atom is -0.495 e. The molecule has 2 aromatic rings. The van der Waals surface area contributed by atoms with E-state index in [0.29, 0.717) is 12.5 Å². The van der Waals surface area contributed by atoms with Gasteiger partial charge in [-0.05, 0) is 35.4 Å². The van der Waals surface area contributed by atoms with Crippen molar-refractivity contribution in [3.8, 4) is 16.9 Å². The van der Waals surface area contributed by atoms with Crippen LogP contribution in [0.3, 0.4) is 0 Å². The Balaban J connectivity index is 1.60. The number of hydrogen-bond acceptors (Lipinski definition) is 5. The Morgan fingerprint density at radius 2 is 1.89 bits per heavy atom. The van der Waals surface area contributed by atoms with Crippen molar-refractivity contribution in [3.05, 3.63) is 48.3 Å². The summed E-state index contributed by atoms with van der Waals surface area (Å²) in [6, 6.07) is 10.2. The molecule has 146 valence electrons.